The Labute approximate surface area is 112 Å². The molecule has 0 saturated heterocycles. The molecule has 1 atom stereocenters. The third-order valence-corrected chi connectivity index (χ3v) is 3.58. The van der Waals surface area contributed by atoms with Gasteiger partial charge in [0.05, 0.1) is 0 Å². The smallest absolute Gasteiger partial charge is 0.0236 e. The van der Waals surface area contributed by atoms with Crippen molar-refractivity contribution in [3.05, 3.63) is 35.4 Å². The molecule has 0 radical (unpaired) electrons. The van der Waals surface area contributed by atoms with E-state index in [-0.39, 0.29) is 0 Å². The molecule has 2 heteroatoms. The molecular weight excluding hydrogens is 220 g/mol. The van der Waals surface area contributed by atoms with Gasteiger partial charge in [-0.2, -0.15) is 0 Å². The summed E-state index contributed by atoms with van der Waals surface area (Å²) >= 11 is 0. The predicted octanol–water partition coefficient (Wildman–Crippen LogP) is 3.24. The molecule has 1 unspecified atom stereocenters. The van der Waals surface area contributed by atoms with Crippen LogP contribution in [0.3, 0.4) is 0 Å². The summed E-state index contributed by atoms with van der Waals surface area (Å²) in [7, 11) is 2.01. The molecule has 0 aliphatic carbocycles. The second-order valence-electron chi connectivity index (χ2n) is 5.36. The van der Waals surface area contributed by atoms with Crippen molar-refractivity contribution >= 4 is 0 Å². The maximum atomic E-state index is 3.23. The monoisotopic (exact) mass is 248 g/mol. The fraction of sp³-hybridized carbons (Fsp3) is 0.625. The zero-order valence-corrected chi connectivity index (χ0v) is 12.5. The third kappa shape index (κ3) is 4.43. The van der Waals surface area contributed by atoms with Crippen LogP contribution in [0.2, 0.25) is 0 Å². The van der Waals surface area contributed by atoms with Crippen LogP contribution in [0.15, 0.2) is 24.3 Å². The fourth-order valence-electron chi connectivity index (χ4n) is 2.27. The van der Waals surface area contributed by atoms with Crippen molar-refractivity contribution in [1.82, 2.24) is 10.2 Å². The van der Waals surface area contributed by atoms with Crippen molar-refractivity contribution in [1.29, 1.82) is 0 Å². The Balaban J connectivity index is 2.65. The van der Waals surface area contributed by atoms with Gasteiger partial charge in [0.25, 0.3) is 0 Å². The Kier molecular flexibility index (Phi) is 6.37. The SMILES string of the molecule is CCN(Cc1ccc(C(C)CNC)cc1)C(C)C. The molecule has 0 amide bonds. The lowest BCUT2D eigenvalue weighted by Crippen LogP contribution is -2.29. The molecule has 0 bridgehead atoms. The highest BCUT2D eigenvalue weighted by molar-refractivity contribution is 5.25. The van der Waals surface area contributed by atoms with E-state index in [1.54, 1.807) is 0 Å². The first-order valence-corrected chi connectivity index (χ1v) is 7.06. The standard InChI is InChI=1S/C16H28N2/c1-6-18(13(2)3)12-15-7-9-16(10-8-15)14(4)11-17-5/h7-10,13-14,17H,6,11-12H2,1-5H3. The topological polar surface area (TPSA) is 15.3 Å². The maximum absolute atomic E-state index is 3.23. The summed E-state index contributed by atoms with van der Waals surface area (Å²) in [6.07, 6.45) is 0. The minimum absolute atomic E-state index is 0.580. The highest BCUT2D eigenvalue weighted by atomic mass is 15.1. The Hall–Kier alpha value is -0.860. The summed E-state index contributed by atoms with van der Waals surface area (Å²) in [5.41, 5.74) is 2.83. The number of likely N-dealkylation sites (N-methyl/N-ethyl adjacent to an activating group) is 1. The molecule has 0 saturated carbocycles. The fourth-order valence-corrected chi connectivity index (χ4v) is 2.27. The zero-order valence-electron chi connectivity index (χ0n) is 12.5. The quantitative estimate of drug-likeness (QED) is 0.797. The highest BCUT2D eigenvalue weighted by Gasteiger charge is 2.08. The Morgan fingerprint density at radius 3 is 2.17 bits per heavy atom. The van der Waals surface area contributed by atoms with Crippen LogP contribution in [-0.2, 0) is 6.54 Å². The van der Waals surface area contributed by atoms with E-state index >= 15 is 0 Å². The van der Waals surface area contributed by atoms with Crippen molar-refractivity contribution in [3.8, 4) is 0 Å². The van der Waals surface area contributed by atoms with Gasteiger partial charge >= 0.3 is 0 Å². The number of nitrogens with zero attached hydrogens (tertiary/aromatic N) is 1. The summed E-state index contributed by atoms with van der Waals surface area (Å²) in [5, 5.41) is 3.23. The van der Waals surface area contributed by atoms with Crippen LogP contribution in [0, 0.1) is 0 Å². The van der Waals surface area contributed by atoms with Gasteiger partial charge in [0.2, 0.25) is 0 Å². The van der Waals surface area contributed by atoms with E-state index in [0.717, 1.165) is 19.6 Å². The molecule has 102 valence electrons. The van der Waals surface area contributed by atoms with Crippen LogP contribution >= 0.6 is 0 Å². The average Bonchev–Trinajstić information content (AvgIpc) is 2.36. The van der Waals surface area contributed by atoms with Crippen LogP contribution < -0.4 is 5.32 Å². The number of nitrogens with one attached hydrogen (secondary N) is 1. The predicted molar refractivity (Wildman–Crippen MR) is 80.0 cm³/mol. The van der Waals surface area contributed by atoms with E-state index < -0.39 is 0 Å². The van der Waals surface area contributed by atoms with Crippen molar-refractivity contribution in [2.45, 2.75) is 46.2 Å². The van der Waals surface area contributed by atoms with Crippen molar-refractivity contribution < 1.29 is 0 Å². The number of rotatable bonds is 7. The average molecular weight is 248 g/mol. The lowest BCUT2D eigenvalue weighted by atomic mass is 9.99. The van der Waals surface area contributed by atoms with E-state index in [4.69, 9.17) is 0 Å². The van der Waals surface area contributed by atoms with Gasteiger partial charge < -0.3 is 5.32 Å². The lowest BCUT2D eigenvalue weighted by molar-refractivity contribution is 0.225. The summed E-state index contributed by atoms with van der Waals surface area (Å²) in [5.74, 6) is 0.580. The van der Waals surface area contributed by atoms with Crippen LogP contribution in [0.4, 0.5) is 0 Å². The molecule has 1 N–H and O–H groups in total. The van der Waals surface area contributed by atoms with Crippen LogP contribution in [0.1, 0.15) is 44.7 Å². The highest BCUT2D eigenvalue weighted by Crippen LogP contribution is 2.16. The first kappa shape index (κ1) is 15.2. The molecule has 0 aliphatic heterocycles. The van der Waals surface area contributed by atoms with E-state index in [9.17, 15) is 0 Å². The second-order valence-corrected chi connectivity index (χ2v) is 5.36. The zero-order chi connectivity index (χ0) is 13.5. The molecule has 1 aromatic rings. The third-order valence-electron chi connectivity index (χ3n) is 3.58. The largest absolute Gasteiger partial charge is 0.319 e. The summed E-state index contributed by atoms with van der Waals surface area (Å²) in [4.78, 5) is 2.48. The molecule has 1 aromatic carbocycles. The van der Waals surface area contributed by atoms with Gasteiger partial charge in [-0.3, -0.25) is 4.90 Å². The molecular formula is C16H28N2. The number of hydrogen-bond acceptors (Lipinski definition) is 2. The second kappa shape index (κ2) is 7.55. The molecule has 0 heterocycles. The van der Waals surface area contributed by atoms with Crippen LogP contribution in [0.5, 0.6) is 0 Å². The molecule has 0 aromatic heterocycles. The van der Waals surface area contributed by atoms with Crippen molar-refractivity contribution in [2.75, 3.05) is 20.1 Å². The first-order chi connectivity index (χ1) is 8.58. The van der Waals surface area contributed by atoms with E-state index in [1.165, 1.54) is 11.1 Å². The lowest BCUT2D eigenvalue weighted by Gasteiger charge is -2.25. The molecule has 0 aliphatic rings. The van der Waals surface area contributed by atoms with Gasteiger partial charge in [0, 0.05) is 19.1 Å². The summed E-state index contributed by atoms with van der Waals surface area (Å²) < 4.78 is 0. The van der Waals surface area contributed by atoms with Crippen LogP contribution in [-0.4, -0.2) is 31.1 Å². The normalized spacial score (nSPS) is 13.3. The Morgan fingerprint density at radius 1 is 1.11 bits per heavy atom. The molecule has 0 spiro atoms. The van der Waals surface area contributed by atoms with E-state index in [0.29, 0.717) is 12.0 Å². The van der Waals surface area contributed by atoms with Gasteiger partial charge in [-0.05, 0) is 44.5 Å². The summed E-state index contributed by atoms with van der Waals surface area (Å²) in [6.45, 7) is 12.2. The Morgan fingerprint density at radius 2 is 1.72 bits per heavy atom. The minimum Gasteiger partial charge on any atom is -0.319 e. The Bertz CT molecular complexity index is 329. The first-order valence-electron chi connectivity index (χ1n) is 7.06. The van der Waals surface area contributed by atoms with E-state index in [2.05, 4.69) is 62.2 Å². The van der Waals surface area contributed by atoms with Gasteiger partial charge in [-0.1, -0.05) is 38.1 Å². The van der Waals surface area contributed by atoms with Crippen LogP contribution in [0.25, 0.3) is 0 Å². The number of hydrogen-bond donors (Lipinski definition) is 1. The van der Waals surface area contributed by atoms with Gasteiger partial charge in [-0.15, -0.1) is 0 Å². The number of benzene rings is 1. The maximum Gasteiger partial charge on any atom is 0.0236 e. The van der Waals surface area contributed by atoms with Crippen molar-refractivity contribution in [2.24, 2.45) is 0 Å². The molecule has 1 rings (SSSR count). The van der Waals surface area contributed by atoms with Gasteiger partial charge in [-0.25, -0.2) is 0 Å². The molecule has 0 fully saturated rings. The molecule has 2 nitrogen and oxygen atoms in total. The van der Waals surface area contributed by atoms with Gasteiger partial charge in [0.1, 0.15) is 0 Å². The molecule has 18 heavy (non-hydrogen) atoms. The van der Waals surface area contributed by atoms with Crippen molar-refractivity contribution in [3.63, 3.8) is 0 Å². The van der Waals surface area contributed by atoms with Gasteiger partial charge in [0.15, 0.2) is 0 Å². The summed E-state index contributed by atoms with van der Waals surface area (Å²) in [6, 6.07) is 9.69. The minimum atomic E-state index is 0.580. The van der Waals surface area contributed by atoms with E-state index in [1.807, 2.05) is 7.05 Å².